The van der Waals surface area contributed by atoms with Gasteiger partial charge in [0.2, 0.25) is 11.4 Å². The van der Waals surface area contributed by atoms with E-state index in [-0.39, 0.29) is 52.0 Å². The van der Waals surface area contributed by atoms with Crippen molar-refractivity contribution in [3.05, 3.63) is 0 Å². The van der Waals surface area contributed by atoms with E-state index in [9.17, 15) is 23.5 Å². The summed E-state index contributed by atoms with van der Waals surface area (Å²) in [5.41, 5.74) is -2.26. The van der Waals surface area contributed by atoms with Crippen LogP contribution in [0.1, 0.15) is 61.3 Å². The van der Waals surface area contributed by atoms with Gasteiger partial charge in [0.05, 0.1) is 32.8 Å². The van der Waals surface area contributed by atoms with Gasteiger partial charge in [0, 0.05) is 39.1 Å². The highest BCUT2D eigenvalue weighted by Crippen LogP contribution is 2.69. The summed E-state index contributed by atoms with van der Waals surface area (Å²) in [5, 5.41) is 2.40. The number of nitrogens with one attached hydrogen (secondary N) is 1. The Morgan fingerprint density at radius 3 is 1.70 bits per heavy atom. The summed E-state index contributed by atoms with van der Waals surface area (Å²) >= 11 is 0. The molecular weight excluding hydrogens is 568 g/mol. The first kappa shape index (κ1) is 36.5. The van der Waals surface area contributed by atoms with E-state index < -0.39 is 38.2 Å². The number of nitrogens with zero attached hydrogens (tertiary/aromatic N) is 2. The molecule has 0 unspecified atom stereocenters. The van der Waals surface area contributed by atoms with Gasteiger partial charge in [-0.05, 0) is 48.5 Å². The van der Waals surface area contributed by atoms with Crippen LogP contribution in [0.2, 0.25) is 0 Å². The Morgan fingerprint density at radius 2 is 1.27 bits per heavy atom. The Kier molecular flexibility index (Phi) is 15.9. The van der Waals surface area contributed by atoms with E-state index in [0.29, 0.717) is 32.7 Å². The Labute approximate surface area is 237 Å². The summed E-state index contributed by atoms with van der Waals surface area (Å²) in [6.07, 6.45) is -0.927. The Hall–Kier alpha value is -1.53. The first-order valence-electron chi connectivity index (χ1n) is 13.7. The van der Waals surface area contributed by atoms with Gasteiger partial charge in [0.15, 0.2) is 0 Å². The molecule has 0 aliphatic carbocycles. The summed E-state index contributed by atoms with van der Waals surface area (Å²) < 4.78 is 58.8. The second-order valence-electron chi connectivity index (χ2n) is 9.72. The summed E-state index contributed by atoms with van der Waals surface area (Å²) in [7, 11) is -8.33. The third kappa shape index (κ3) is 12.5. The molecule has 0 aromatic heterocycles. The second-order valence-corrected chi connectivity index (χ2v) is 14.4. The molecule has 0 spiro atoms. The van der Waals surface area contributed by atoms with Crippen LogP contribution in [0.15, 0.2) is 0 Å². The zero-order chi connectivity index (χ0) is 30.4. The predicted octanol–water partition coefficient (Wildman–Crippen LogP) is 3.79. The van der Waals surface area contributed by atoms with Gasteiger partial charge >= 0.3 is 27.3 Å². The SMILES string of the molecule is CCOP(=O)(OCC)C(NC(=O)CCC(=O)OCCN1CCN(C(=O)OC(C)(C)C)CC1)P(=O)(OCC)OCC. The molecule has 1 rings (SSSR count). The minimum absolute atomic E-state index is 0.0374. The quantitative estimate of drug-likeness (QED) is 0.187. The van der Waals surface area contributed by atoms with Gasteiger partial charge in [0.25, 0.3) is 0 Å². The van der Waals surface area contributed by atoms with E-state index in [1.165, 1.54) is 0 Å². The van der Waals surface area contributed by atoms with Crippen molar-refractivity contribution < 1.29 is 51.1 Å². The van der Waals surface area contributed by atoms with Crippen molar-refractivity contribution >= 4 is 33.2 Å². The topological polar surface area (TPSA) is 159 Å². The molecule has 0 saturated carbocycles. The molecule has 16 heteroatoms. The molecule has 2 amide bonds. The van der Waals surface area contributed by atoms with Crippen molar-refractivity contribution in [2.45, 2.75) is 72.4 Å². The number of carbonyl (C=O) groups excluding carboxylic acids is 3. The highest BCUT2D eigenvalue weighted by molar-refractivity contribution is 7.72. The molecule has 1 saturated heterocycles. The summed E-state index contributed by atoms with van der Waals surface area (Å²) in [6, 6.07) is 0. The standard InChI is InChI=1S/C24H47N3O11P2/c1-8-34-39(31,35-9-2)22(40(32,36-10-3)37-11-4)25-20(28)12-13-21(29)33-19-18-26-14-16-27(17-15-26)23(30)38-24(5,6)7/h22H,8-19H2,1-7H3,(H,25,28). The minimum atomic E-state index is -4.17. The van der Waals surface area contributed by atoms with Crippen molar-refractivity contribution in [2.24, 2.45) is 0 Å². The van der Waals surface area contributed by atoms with Crippen molar-refractivity contribution in [1.29, 1.82) is 0 Å². The van der Waals surface area contributed by atoms with Crippen molar-refractivity contribution in [2.75, 3.05) is 65.8 Å². The molecule has 1 heterocycles. The average molecular weight is 616 g/mol. The number of rotatable bonds is 17. The largest absolute Gasteiger partial charge is 0.464 e. The van der Waals surface area contributed by atoms with Gasteiger partial charge in [-0.2, -0.15) is 0 Å². The number of esters is 1. The molecule has 0 aromatic carbocycles. The molecule has 1 aliphatic rings. The van der Waals surface area contributed by atoms with Crippen LogP contribution in [0.3, 0.4) is 0 Å². The maximum absolute atomic E-state index is 13.5. The van der Waals surface area contributed by atoms with Crippen molar-refractivity contribution in [3.8, 4) is 0 Å². The van der Waals surface area contributed by atoms with Crippen molar-refractivity contribution in [1.82, 2.24) is 15.1 Å². The molecule has 0 atom stereocenters. The van der Waals surface area contributed by atoms with Gasteiger partial charge in [0.1, 0.15) is 12.2 Å². The van der Waals surface area contributed by atoms with Crippen LogP contribution in [-0.4, -0.2) is 105 Å². The third-order valence-electron chi connectivity index (χ3n) is 5.38. The van der Waals surface area contributed by atoms with Crippen LogP contribution in [-0.2, 0) is 46.3 Å². The van der Waals surface area contributed by atoms with Gasteiger partial charge in [-0.15, -0.1) is 0 Å². The third-order valence-corrected chi connectivity index (χ3v) is 11.0. The maximum atomic E-state index is 13.5. The van der Waals surface area contributed by atoms with Crippen LogP contribution in [0.5, 0.6) is 0 Å². The van der Waals surface area contributed by atoms with Gasteiger partial charge in [-0.3, -0.25) is 23.6 Å². The number of hydrogen-bond acceptors (Lipinski definition) is 12. The molecule has 0 aromatic rings. The van der Waals surface area contributed by atoms with E-state index in [0.717, 1.165) is 0 Å². The fourth-order valence-electron chi connectivity index (χ4n) is 3.68. The van der Waals surface area contributed by atoms with Crippen LogP contribution < -0.4 is 5.32 Å². The fraction of sp³-hybridized carbons (Fsp3) is 0.875. The van der Waals surface area contributed by atoms with E-state index in [2.05, 4.69) is 10.2 Å². The first-order valence-corrected chi connectivity index (χ1v) is 16.9. The fourth-order valence-corrected chi connectivity index (χ4v) is 8.62. The number of carbonyl (C=O) groups is 3. The van der Waals surface area contributed by atoms with Crippen LogP contribution in [0, 0.1) is 0 Å². The maximum Gasteiger partial charge on any atom is 0.410 e. The molecule has 1 aliphatic heterocycles. The lowest BCUT2D eigenvalue weighted by molar-refractivity contribution is -0.145. The monoisotopic (exact) mass is 615 g/mol. The number of hydrogen-bond donors (Lipinski definition) is 1. The molecule has 1 fully saturated rings. The van der Waals surface area contributed by atoms with Crippen LogP contribution in [0.25, 0.3) is 0 Å². The molecule has 40 heavy (non-hydrogen) atoms. The normalized spacial score (nSPS) is 15.2. The number of piperazine rings is 1. The van der Waals surface area contributed by atoms with Gasteiger partial charge in [-0.1, -0.05) is 0 Å². The van der Waals surface area contributed by atoms with E-state index in [4.69, 9.17) is 27.6 Å². The summed E-state index contributed by atoms with van der Waals surface area (Å²) in [6.45, 7) is 14.4. The second kappa shape index (κ2) is 17.4. The smallest absolute Gasteiger partial charge is 0.410 e. The molecule has 234 valence electrons. The lowest BCUT2D eigenvalue weighted by atomic mass is 10.2. The summed E-state index contributed by atoms with van der Waals surface area (Å²) in [5.74, 6) is -1.32. The van der Waals surface area contributed by atoms with Crippen LogP contribution in [0.4, 0.5) is 4.79 Å². The molecule has 0 bridgehead atoms. The summed E-state index contributed by atoms with van der Waals surface area (Å²) in [4.78, 5) is 40.9. The minimum Gasteiger partial charge on any atom is -0.464 e. The molecular formula is C24H47N3O11P2. The van der Waals surface area contributed by atoms with Crippen molar-refractivity contribution in [3.63, 3.8) is 0 Å². The van der Waals surface area contributed by atoms with Crippen LogP contribution >= 0.6 is 15.2 Å². The zero-order valence-electron chi connectivity index (χ0n) is 24.8. The lowest BCUT2D eigenvalue weighted by Gasteiger charge is -2.35. The Balaban J connectivity index is 2.61. The number of ether oxygens (including phenoxy) is 2. The Morgan fingerprint density at radius 1 is 0.800 bits per heavy atom. The van der Waals surface area contributed by atoms with E-state index >= 15 is 0 Å². The van der Waals surface area contributed by atoms with E-state index in [1.807, 2.05) is 20.8 Å². The number of amides is 2. The predicted molar refractivity (Wildman–Crippen MR) is 148 cm³/mol. The molecule has 14 nitrogen and oxygen atoms in total. The average Bonchev–Trinajstić information content (AvgIpc) is 2.86. The van der Waals surface area contributed by atoms with Gasteiger partial charge < -0.3 is 37.8 Å². The zero-order valence-corrected chi connectivity index (χ0v) is 26.6. The highest BCUT2D eigenvalue weighted by Gasteiger charge is 2.52. The first-order chi connectivity index (χ1) is 18.7. The molecule has 1 N–H and O–H groups in total. The lowest BCUT2D eigenvalue weighted by Crippen LogP contribution is -2.50. The van der Waals surface area contributed by atoms with E-state index in [1.54, 1.807) is 32.6 Å². The van der Waals surface area contributed by atoms with Gasteiger partial charge in [-0.25, -0.2) is 4.79 Å². The Bertz CT molecular complexity index is 855. The molecule has 0 radical (unpaired) electrons. The highest BCUT2D eigenvalue weighted by atomic mass is 31.2.